The van der Waals surface area contributed by atoms with E-state index in [1.807, 2.05) is 18.2 Å². The lowest BCUT2D eigenvalue weighted by Crippen LogP contribution is -1.99. The quantitative estimate of drug-likeness (QED) is 0.697. The van der Waals surface area contributed by atoms with Gasteiger partial charge in [-0.15, -0.1) is 12.4 Å². The highest BCUT2D eigenvalue weighted by Gasteiger charge is 1.95. The third-order valence-electron chi connectivity index (χ3n) is 1.63. The van der Waals surface area contributed by atoms with Gasteiger partial charge in [0.05, 0.1) is 0 Å². The van der Waals surface area contributed by atoms with Crippen LogP contribution in [0, 0.1) is 6.92 Å². The fourth-order valence-electron chi connectivity index (χ4n) is 1.02. The zero-order valence-electron chi connectivity index (χ0n) is 7.42. The molecule has 2 nitrogen and oxygen atoms in total. The zero-order chi connectivity index (χ0) is 8.27. The molecule has 1 aromatic rings. The van der Waals surface area contributed by atoms with Crippen LogP contribution in [0.4, 0.5) is 11.4 Å². The molecule has 0 aliphatic heterocycles. The minimum Gasteiger partial charge on any atom is -0.399 e. The Kier molecular flexibility index (Phi) is 4.52. The van der Waals surface area contributed by atoms with Gasteiger partial charge in [-0.25, -0.2) is 0 Å². The minimum absolute atomic E-state index is 0. The largest absolute Gasteiger partial charge is 0.399 e. The normalized spacial score (nSPS) is 8.83. The monoisotopic (exact) mass is 186 g/mol. The fraction of sp³-hybridized carbons (Fsp3) is 0.333. The van der Waals surface area contributed by atoms with Gasteiger partial charge in [0.15, 0.2) is 0 Å². The number of benzene rings is 1. The molecule has 0 saturated carbocycles. The number of halogens is 1. The molecule has 3 N–H and O–H groups in total. The number of rotatable bonds is 2. The summed E-state index contributed by atoms with van der Waals surface area (Å²) in [6.45, 7) is 5.07. The molecule has 0 atom stereocenters. The lowest BCUT2D eigenvalue weighted by atomic mass is 10.2. The Morgan fingerprint density at radius 3 is 2.67 bits per heavy atom. The van der Waals surface area contributed by atoms with Crippen molar-refractivity contribution in [3.8, 4) is 0 Å². The summed E-state index contributed by atoms with van der Waals surface area (Å²) >= 11 is 0. The molecular formula is C9H15ClN2. The predicted octanol–water partition coefficient (Wildman–Crippen LogP) is 2.43. The van der Waals surface area contributed by atoms with Crippen LogP contribution in [0.15, 0.2) is 18.2 Å². The van der Waals surface area contributed by atoms with Crippen LogP contribution in [0.2, 0.25) is 0 Å². The first kappa shape index (κ1) is 11.1. The van der Waals surface area contributed by atoms with Gasteiger partial charge >= 0.3 is 0 Å². The molecule has 1 rings (SSSR count). The van der Waals surface area contributed by atoms with E-state index in [9.17, 15) is 0 Å². The Labute approximate surface area is 79.6 Å². The second-order valence-corrected chi connectivity index (χ2v) is 2.60. The number of nitrogens with one attached hydrogen (secondary N) is 1. The van der Waals surface area contributed by atoms with Crippen molar-refractivity contribution >= 4 is 23.8 Å². The van der Waals surface area contributed by atoms with Crippen LogP contribution in [0.25, 0.3) is 0 Å². The van der Waals surface area contributed by atoms with Crippen LogP contribution in [0.1, 0.15) is 12.5 Å². The SMILES string of the molecule is CCNc1cc(N)ccc1C.Cl. The Morgan fingerprint density at radius 1 is 1.42 bits per heavy atom. The smallest absolute Gasteiger partial charge is 0.0390 e. The summed E-state index contributed by atoms with van der Waals surface area (Å²) in [4.78, 5) is 0. The third-order valence-corrected chi connectivity index (χ3v) is 1.63. The van der Waals surface area contributed by atoms with E-state index in [1.54, 1.807) is 0 Å². The van der Waals surface area contributed by atoms with E-state index in [2.05, 4.69) is 19.2 Å². The first-order valence-electron chi connectivity index (χ1n) is 3.84. The first-order chi connectivity index (χ1) is 5.24. The molecule has 0 amide bonds. The number of hydrogen-bond acceptors (Lipinski definition) is 2. The first-order valence-corrected chi connectivity index (χ1v) is 3.84. The molecule has 0 unspecified atom stereocenters. The van der Waals surface area contributed by atoms with Crippen molar-refractivity contribution in [3.05, 3.63) is 23.8 Å². The Balaban J connectivity index is 0.00000121. The average molecular weight is 187 g/mol. The highest BCUT2D eigenvalue weighted by Crippen LogP contribution is 2.17. The van der Waals surface area contributed by atoms with Gasteiger partial charge < -0.3 is 11.1 Å². The topological polar surface area (TPSA) is 38.0 Å². The molecule has 1 aromatic carbocycles. The number of anilines is 2. The molecule has 68 valence electrons. The summed E-state index contributed by atoms with van der Waals surface area (Å²) in [5, 5.41) is 3.24. The van der Waals surface area contributed by atoms with Gasteiger partial charge in [-0.3, -0.25) is 0 Å². The van der Waals surface area contributed by atoms with Crippen molar-refractivity contribution in [3.63, 3.8) is 0 Å². The van der Waals surface area contributed by atoms with Crippen molar-refractivity contribution in [1.82, 2.24) is 0 Å². The van der Waals surface area contributed by atoms with Crippen LogP contribution in [0.3, 0.4) is 0 Å². The Hall–Kier alpha value is -0.890. The lowest BCUT2D eigenvalue weighted by Gasteiger charge is -2.07. The van der Waals surface area contributed by atoms with Crippen molar-refractivity contribution in [1.29, 1.82) is 0 Å². The van der Waals surface area contributed by atoms with E-state index in [4.69, 9.17) is 5.73 Å². The predicted molar refractivity (Wildman–Crippen MR) is 57.0 cm³/mol. The summed E-state index contributed by atoms with van der Waals surface area (Å²) < 4.78 is 0. The van der Waals surface area contributed by atoms with Crippen LogP contribution >= 0.6 is 12.4 Å². The second kappa shape index (κ2) is 4.88. The summed E-state index contributed by atoms with van der Waals surface area (Å²) in [5.41, 5.74) is 8.80. The fourth-order valence-corrected chi connectivity index (χ4v) is 1.02. The molecule has 0 fully saturated rings. The highest BCUT2D eigenvalue weighted by atomic mass is 35.5. The molecular weight excluding hydrogens is 172 g/mol. The van der Waals surface area contributed by atoms with E-state index >= 15 is 0 Å². The molecule has 0 spiro atoms. The van der Waals surface area contributed by atoms with Gasteiger partial charge in [-0.05, 0) is 31.5 Å². The number of aryl methyl sites for hydroxylation is 1. The van der Waals surface area contributed by atoms with E-state index in [-0.39, 0.29) is 12.4 Å². The molecule has 0 saturated heterocycles. The molecule has 12 heavy (non-hydrogen) atoms. The zero-order valence-corrected chi connectivity index (χ0v) is 8.24. The van der Waals surface area contributed by atoms with E-state index < -0.39 is 0 Å². The van der Waals surface area contributed by atoms with Crippen LogP contribution in [0.5, 0.6) is 0 Å². The van der Waals surface area contributed by atoms with Gasteiger partial charge in [0.1, 0.15) is 0 Å². The van der Waals surface area contributed by atoms with Crippen LogP contribution in [-0.4, -0.2) is 6.54 Å². The standard InChI is InChI=1S/C9H14N2.ClH/c1-3-11-9-6-8(10)5-4-7(9)2;/h4-6,11H,3,10H2,1-2H3;1H. The number of hydrogen-bond donors (Lipinski definition) is 2. The Bertz CT molecular complexity index is 248. The lowest BCUT2D eigenvalue weighted by molar-refractivity contribution is 1.20. The van der Waals surface area contributed by atoms with Crippen molar-refractivity contribution in [2.45, 2.75) is 13.8 Å². The van der Waals surface area contributed by atoms with Crippen molar-refractivity contribution in [2.75, 3.05) is 17.6 Å². The van der Waals surface area contributed by atoms with E-state index in [0.29, 0.717) is 0 Å². The molecule has 3 heteroatoms. The van der Waals surface area contributed by atoms with Gasteiger partial charge in [0.25, 0.3) is 0 Å². The summed E-state index contributed by atoms with van der Waals surface area (Å²) in [7, 11) is 0. The summed E-state index contributed by atoms with van der Waals surface area (Å²) in [5.74, 6) is 0. The van der Waals surface area contributed by atoms with E-state index in [0.717, 1.165) is 17.9 Å². The number of nitrogens with two attached hydrogens (primary N) is 1. The maximum absolute atomic E-state index is 5.62. The van der Waals surface area contributed by atoms with Crippen molar-refractivity contribution in [2.24, 2.45) is 0 Å². The molecule has 0 heterocycles. The third kappa shape index (κ3) is 2.62. The minimum atomic E-state index is 0. The average Bonchev–Trinajstić information content (AvgIpc) is 1.98. The van der Waals surface area contributed by atoms with Crippen LogP contribution < -0.4 is 11.1 Å². The Morgan fingerprint density at radius 2 is 2.08 bits per heavy atom. The van der Waals surface area contributed by atoms with Crippen molar-refractivity contribution < 1.29 is 0 Å². The summed E-state index contributed by atoms with van der Waals surface area (Å²) in [6.07, 6.45) is 0. The molecule has 0 radical (unpaired) electrons. The number of nitrogen functional groups attached to an aromatic ring is 1. The van der Waals surface area contributed by atoms with Gasteiger partial charge in [0, 0.05) is 17.9 Å². The second-order valence-electron chi connectivity index (χ2n) is 2.60. The van der Waals surface area contributed by atoms with Gasteiger partial charge in [-0.2, -0.15) is 0 Å². The molecule has 0 aliphatic carbocycles. The molecule has 0 aliphatic rings. The van der Waals surface area contributed by atoms with Gasteiger partial charge in [0.2, 0.25) is 0 Å². The maximum Gasteiger partial charge on any atom is 0.0390 e. The van der Waals surface area contributed by atoms with Crippen LogP contribution in [-0.2, 0) is 0 Å². The maximum atomic E-state index is 5.62. The highest BCUT2D eigenvalue weighted by molar-refractivity contribution is 5.85. The van der Waals surface area contributed by atoms with E-state index in [1.165, 1.54) is 5.56 Å². The van der Waals surface area contributed by atoms with Gasteiger partial charge in [-0.1, -0.05) is 6.07 Å². The molecule has 0 bridgehead atoms. The summed E-state index contributed by atoms with van der Waals surface area (Å²) in [6, 6.07) is 5.89. The molecule has 0 aromatic heterocycles.